The van der Waals surface area contributed by atoms with E-state index in [9.17, 15) is 9.32 Å². The second kappa shape index (κ2) is 9.89. The van der Waals surface area contributed by atoms with Crippen molar-refractivity contribution in [2.45, 2.75) is 38.1 Å². The zero-order valence-electron chi connectivity index (χ0n) is 18.1. The van der Waals surface area contributed by atoms with Crippen molar-refractivity contribution in [1.29, 1.82) is 4.78 Å². The average Bonchev–Trinajstić information content (AvgIpc) is 2.79. The highest BCUT2D eigenvalue weighted by Gasteiger charge is 2.13. The van der Waals surface area contributed by atoms with Crippen LogP contribution in [0.25, 0.3) is 11.1 Å². The molecule has 8 heteroatoms. The number of aliphatic hydroxyl groups excluding tert-OH is 1. The number of aliphatic hydroxyl groups is 1. The number of hydrogen-bond donors (Lipinski definition) is 4. The second-order valence-electron chi connectivity index (χ2n) is 7.35. The number of benzene rings is 2. The lowest BCUT2D eigenvalue weighted by molar-refractivity contribution is 0.281. The van der Waals surface area contributed by atoms with Gasteiger partial charge in [-0.2, -0.15) is 4.98 Å². The van der Waals surface area contributed by atoms with Crippen LogP contribution in [0.1, 0.15) is 26.3 Å². The summed E-state index contributed by atoms with van der Waals surface area (Å²) in [7, 11) is -2.75. The minimum Gasteiger partial charge on any atom is -0.394 e. The van der Waals surface area contributed by atoms with Gasteiger partial charge in [-0.25, -0.2) is 14.0 Å². The number of anilines is 3. The minimum atomic E-state index is -2.75. The second-order valence-corrected chi connectivity index (χ2v) is 9.75. The van der Waals surface area contributed by atoms with Crippen LogP contribution in [0.5, 0.6) is 0 Å². The fraction of sp³-hybridized carbons (Fsp3) is 0.304. The van der Waals surface area contributed by atoms with E-state index in [2.05, 4.69) is 39.7 Å². The summed E-state index contributed by atoms with van der Waals surface area (Å²) < 4.78 is 20.1. The lowest BCUT2D eigenvalue weighted by Gasteiger charge is -2.17. The fourth-order valence-electron chi connectivity index (χ4n) is 3.02. The van der Waals surface area contributed by atoms with E-state index in [1.807, 2.05) is 19.1 Å². The number of aromatic nitrogens is 2. The lowest BCUT2D eigenvalue weighted by Crippen LogP contribution is -2.21. The Morgan fingerprint density at radius 2 is 1.77 bits per heavy atom. The highest BCUT2D eigenvalue weighted by atomic mass is 32.2. The van der Waals surface area contributed by atoms with Gasteiger partial charge in [0.05, 0.1) is 16.3 Å². The minimum absolute atomic E-state index is 0.0216. The largest absolute Gasteiger partial charge is 0.394 e. The molecule has 1 unspecified atom stereocenters. The van der Waals surface area contributed by atoms with Crippen molar-refractivity contribution in [1.82, 2.24) is 9.97 Å². The molecule has 4 N–H and O–H groups in total. The number of hydrogen-bond acceptors (Lipinski definition) is 7. The lowest BCUT2D eigenvalue weighted by atomic mass is 10.0. The van der Waals surface area contributed by atoms with Crippen LogP contribution in [0.2, 0.25) is 0 Å². The summed E-state index contributed by atoms with van der Waals surface area (Å²) in [6, 6.07) is 15.0. The Hall–Kier alpha value is -2.97. The van der Waals surface area contributed by atoms with Gasteiger partial charge >= 0.3 is 0 Å². The van der Waals surface area contributed by atoms with Crippen molar-refractivity contribution in [2.75, 3.05) is 23.0 Å². The molecule has 0 aliphatic rings. The van der Waals surface area contributed by atoms with Crippen LogP contribution >= 0.6 is 0 Å². The van der Waals surface area contributed by atoms with E-state index in [-0.39, 0.29) is 18.4 Å². The molecule has 1 aromatic heterocycles. The van der Waals surface area contributed by atoms with Gasteiger partial charge in [-0.15, -0.1) is 0 Å². The molecule has 0 bridgehead atoms. The standard InChI is InChI=1S/C23H29N5O2S/c1-4-17-6-8-18(9-7-17)21-14-25-23(28-22(21)26-16(3)15-29)27-19-10-12-20(13-11-19)31(24,30)5-2/h6-14,16,24,29H,4-5,15H2,1-3H3,(H2,25,26,27,28)/t16-,31?/m1/s1. The molecule has 0 spiro atoms. The molecule has 1 heterocycles. The first kappa shape index (κ1) is 22.7. The van der Waals surface area contributed by atoms with Gasteiger partial charge < -0.3 is 15.7 Å². The number of nitrogens with zero attached hydrogens (tertiary/aromatic N) is 2. The molecule has 0 aliphatic heterocycles. The Kier molecular flexibility index (Phi) is 7.25. The summed E-state index contributed by atoms with van der Waals surface area (Å²) in [6.07, 6.45) is 2.73. The first-order valence-corrected chi connectivity index (χ1v) is 12.1. The third-order valence-electron chi connectivity index (χ3n) is 5.02. The summed E-state index contributed by atoms with van der Waals surface area (Å²) in [5.41, 5.74) is 3.83. The molecule has 164 valence electrons. The summed E-state index contributed by atoms with van der Waals surface area (Å²) in [5, 5.41) is 15.9. The molecule has 31 heavy (non-hydrogen) atoms. The smallest absolute Gasteiger partial charge is 0.229 e. The molecule has 0 saturated heterocycles. The van der Waals surface area contributed by atoms with Crippen LogP contribution in [0, 0.1) is 4.78 Å². The molecule has 0 radical (unpaired) electrons. The van der Waals surface area contributed by atoms with E-state index in [1.165, 1.54) is 5.56 Å². The van der Waals surface area contributed by atoms with Crippen LogP contribution in [0.3, 0.4) is 0 Å². The van der Waals surface area contributed by atoms with E-state index >= 15 is 0 Å². The average molecular weight is 440 g/mol. The predicted molar refractivity (Wildman–Crippen MR) is 126 cm³/mol. The van der Waals surface area contributed by atoms with E-state index in [0.29, 0.717) is 16.7 Å². The topological polar surface area (TPSA) is 111 Å². The normalized spacial score (nSPS) is 13.9. The van der Waals surface area contributed by atoms with Gasteiger partial charge in [0.25, 0.3) is 0 Å². The van der Waals surface area contributed by atoms with Crippen LogP contribution in [0.4, 0.5) is 17.5 Å². The van der Waals surface area contributed by atoms with Crippen molar-refractivity contribution in [2.24, 2.45) is 0 Å². The van der Waals surface area contributed by atoms with E-state index < -0.39 is 9.73 Å². The van der Waals surface area contributed by atoms with Crippen molar-refractivity contribution >= 4 is 27.2 Å². The third-order valence-corrected chi connectivity index (χ3v) is 6.86. The Morgan fingerprint density at radius 3 is 2.35 bits per heavy atom. The Morgan fingerprint density at radius 1 is 1.10 bits per heavy atom. The van der Waals surface area contributed by atoms with Gasteiger partial charge in [-0.1, -0.05) is 38.1 Å². The summed E-state index contributed by atoms with van der Waals surface area (Å²) >= 11 is 0. The molecule has 0 fully saturated rings. The fourth-order valence-corrected chi connectivity index (χ4v) is 3.93. The van der Waals surface area contributed by atoms with Crippen LogP contribution in [-0.2, 0) is 16.1 Å². The van der Waals surface area contributed by atoms with E-state index in [0.717, 1.165) is 23.2 Å². The molecule has 0 aliphatic carbocycles. The molecule has 3 rings (SSSR count). The molecule has 0 saturated carbocycles. The zero-order valence-corrected chi connectivity index (χ0v) is 18.9. The molecule has 7 nitrogen and oxygen atoms in total. The van der Waals surface area contributed by atoms with Gasteiger partial charge in [0, 0.05) is 34.1 Å². The van der Waals surface area contributed by atoms with Crippen LogP contribution < -0.4 is 10.6 Å². The summed E-state index contributed by atoms with van der Waals surface area (Å²) in [6.45, 7) is 5.72. The van der Waals surface area contributed by atoms with Crippen molar-refractivity contribution in [3.8, 4) is 11.1 Å². The van der Waals surface area contributed by atoms with Crippen molar-refractivity contribution in [3.05, 3.63) is 60.3 Å². The van der Waals surface area contributed by atoms with Crippen molar-refractivity contribution < 1.29 is 9.32 Å². The van der Waals surface area contributed by atoms with Gasteiger partial charge in [0.1, 0.15) is 5.82 Å². The van der Waals surface area contributed by atoms with Crippen molar-refractivity contribution in [3.63, 3.8) is 0 Å². The van der Waals surface area contributed by atoms with Crippen LogP contribution in [0.15, 0.2) is 59.6 Å². The number of nitrogens with one attached hydrogen (secondary N) is 3. The SMILES string of the molecule is CCc1ccc(-c2cnc(Nc3ccc(S(=N)(=O)CC)cc3)nc2N[C@H](C)CO)cc1. The van der Waals surface area contributed by atoms with Gasteiger partial charge in [-0.05, 0) is 48.7 Å². The Balaban J connectivity index is 1.90. The summed E-state index contributed by atoms with van der Waals surface area (Å²) in [4.78, 5) is 9.59. The Labute approximate surface area is 184 Å². The molecule has 0 amide bonds. The maximum Gasteiger partial charge on any atom is 0.229 e. The van der Waals surface area contributed by atoms with Gasteiger partial charge in [0.2, 0.25) is 5.95 Å². The monoisotopic (exact) mass is 439 g/mol. The predicted octanol–water partition coefficient (Wildman–Crippen LogP) is 4.67. The van der Waals surface area contributed by atoms with E-state index in [4.69, 9.17) is 4.78 Å². The number of aryl methyl sites for hydroxylation is 1. The van der Waals surface area contributed by atoms with Crippen LogP contribution in [-0.4, -0.2) is 37.7 Å². The molecular weight excluding hydrogens is 410 g/mol. The highest BCUT2D eigenvalue weighted by Crippen LogP contribution is 2.28. The summed E-state index contributed by atoms with van der Waals surface area (Å²) in [5.74, 6) is 1.30. The molecule has 3 aromatic rings. The maximum atomic E-state index is 12.2. The first-order chi connectivity index (χ1) is 14.9. The number of rotatable bonds is 9. The molecular formula is C23H29N5O2S. The first-order valence-electron chi connectivity index (χ1n) is 10.3. The zero-order chi connectivity index (χ0) is 22.4. The third kappa shape index (κ3) is 5.59. The van der Waals surface area contributed by atoms with Gasteiger partial charge in [0.15, 0.2) is 0 Å². The van der Waals surface area contributed by atoms with E-state index in [1.54, 1.807) is 37.4 Å². The molecule has 2 aromatic carbocycles. The Bertz CT molecular complexity index is 1110. The maximum absolute atomic E-state index is 12.2. The van der Waals surface area contributed by atoms with Gasteiger partial charge in [-0.3, -0.25) is 0 Å². The highest BCUT2D eigenvalue weighted by molar-refractivity contribution is 7.92. The molecule has 2 atom stereocenters. The quantitative estimate of drug-likeness (QED) is 0.386.